The van der Waals surface area contributed by atoms with Crippen molar-refractivity contribution in [3.8, 4) is 0 Å². The maximum atomic E-state index is 11.6. The number of hydrogen-bond donors (Lipinski definition) is 4. The van der Waals surface area contributed by atoms with Crippen LogP contribution in [0.1, 0.15) is 38.3 Å². The zero-order chi connectivity index (χ0) is 12.8. The highest BCUT2D eigenvalue weighted by atomic mass is 16.3. The van der Waals surface area contributed by atoms with Gasteiger partial charge in [-0.15, -0.1) is 0 Å². The summed E-state index contributed by atoms with van der Waals surface area (Å²) in [6.45, 7) is 4.11. The molecule has 5 nitrogen and oxygen atoms in total. The molecule has 5 N–H and O–H groups in total. The van der Waals surface area contributed by atoms with Gasteiger partial charge in [-0.25, -0.2) is 0 Å². The normalized spacial score (nSPS) is 23.0. The molecule has 1 aromatic heterocycles. The third kappa shape index (κ3) is 3.31. The average molecular weight is 239 g/mol. The van der Waals surface area contributed by atoms with Crippen LogP contribution in [0.3, 0.4) is 0 Å². The zero-order valence-electron chi connectivity index (χ0n) is 10.4. The predicted molar refractivity (Wildman–Crippen MR) is 68.8 cm³/mol. The lowest BCUT2D eigenvalue weighted by Gasteiger charge is -2.12. The number of nitrogen functional groups attached to an aromatic ring is 1. The number of aliphatic hydroxyl groups is 1. The van der Waals surface area contributed by atoms with Gasteiger partial charge in [0, 0.05) is 17.6 Å². The molecule has 1 saturated heterocycles. The minimum absolute atomic E-state index is 0.0338. The minimum atomic E-state index is -0.147. The second-order valence-corrected chi connectivity index (χ2v) is 3.87. The first-order valence-corrected chi connectivity index (χ1v) is 6.06. The number of hydrogen-bond acceptors (Lipinski definition) is 4. The standard InChI is InChI=1S/C10H15N3O2.C2H6/c11-9-4-2-7(10(15)13-9)8-3-1-6(5-14)12-8;1-2/h2,4,6,8,12,14H,1,3,5H2,(H3,11,13,15);1-2H3. The van der Waals surface area contributed by atoms with E-state index in [1.54, 1.807) is 12.1 Å². The van der Waals surface area contributed by atoms with Crippen LogP contribution >= 0.6 is 0 Å². The first kappa shape index (κ1) is 13.7. The van der Waals surface area contributed by atoms with Crippen molar-refractivity contribution in [1.82, 2.24) is 10.3 Å². The summed E-state index contributed by atoms with van der Waals surface area (Å²) in [6, 6.07) is 3.56. The zero-order valence-corrected chi connectivity index (χ0v) is 10.4. The lowest BCUT2D eigenvalue weighted by atomic mass is 10.1. The van der Waals surface area contributed by atoms with Gasteiger partial charge < -0.3 is 21.1 Å². The molecular weight excluding hydrogens is 218 g/mol. The van der Waals surface area contributed by atoms with E-state index < -0.39 is 0 Å². The summed E-state index contributed by atoms with van der Waals surface area (Å²) in [6.07, 6.45) is 1.77. The van der Waals surface area contributed by atoms with Crippen LogP contribution in [-0.2, 0) is 0 Å². The lowest BCUT2D eigenvalue weighted by molar-refractivity contribution is 0.251. The number of nitrogens with one attached hydrogen (secondary N) is 2. The molecule has 17 heavy (non-hydrogen) atoms. The Hall–Kier alpha value is -1.33. The van der Waals surface area contributed by atoms with Crippen molar-refractivity contribution in [1.29, 1.82) is 0 Å². The lowest BCUT2D eigenvalue weighted by Crippen LogP contribution is -2.30. The summed E-state index contributed by atoms with van der Waals surface area (Å²) in [5, 5.41) is 12.2. The summed E-state index contributed by atoms with van der Waals surface area (Å²) in [7, 11) is 0. The number of aromatic amines is 1. The van der Waals surface area contributed by atoms with E-state index in [1.807, 2.05) is 13.8 Å². The van der Waals surface area contributed by atoms with Crippen molar-refractivity contribution >= 4 is 5.82 Å². The number of H-pyrrole nitrogens is 1. The van der Waals surface area contributed by atoms with Crippen LogP contribution in [0, 0.1) is 0 Å². The Kier molecular flexibility index (Phi) is 5.18. The van der Waals surface area contributed by atoms with Gasteiger partial charge in [0.1, 0.15) is 5.82 Å². The quantitative estimate of drug-likeness (QED) is 0.613. The highest BCUT2D eigenvalue weighted by molar-refractivity contribution is 5.31. The summed E-state index contributed by atoms with van der Waals surface area (Å²) in [5.74, 6) is 0.375. The second kappa shape index (κ2) is 6.42. The molecule has 0 saturated carbocycles. The van der Waals surface area contributed by atoms with E-state index in [0.29, 0.717) is 11.4 Å². The summed E-state index contributed by atoms with van der Waals surface area (Å²) < 4.78 is 0. The highest BCUT2D eigenvalue weighted by Crippen LogP contribution is 2.23. The third-order valence-corrected chi connectivity index (χ3v) is 2.80. The van der Waals surface area contributed by atoms with Gasteiger partial charge in [0.2, 0.25) is 0 Å². The van der Waals surface area contributed by atoms with Gasteiger partial charge in [0.05, 0.1) is 6.61 Å². The van der Waals surface area contributed by atoms with E-state index in [2.05, 4.69) is 10.3 Å². The average Bonchev–Trinajstić information content (AvgIpc) is 2.80. The molecule has 2 rings (SSSR count). The Morgan fingerprint density at radius 3 is 2.65 bits per heavy atom. The Morgan fingerprint density at radius 2 is 2.12 bits per heavy atom. The molecule has 2 heterocycles. The molecule has 2 unspecified atom stereocenters. The van der Waals surface area contributed by atoms with Crippen molar-refractivity contribution in [2.45, 2.75) is 38.8 Å². The van der Waals surface area contributed by atoms with Crippen LogP contribution in [0.15, 0.2) is 16.9 Å². The molecule has 0 aromatic carbocycles. The molecule has 1 fully saturated rings. The molecule has 5 heteroatoms. The van der Waals surface area contributed by atoms with Crippen LogP contribution in [0.5, 0.6) is 0 Å². The molecule has 1 aliphatic rings. The fourth-order valence-corrected chi connectivity index (χ4v) is 1.98. The molecule has 96 valence electrons. The number of rotatable bonds is 2. The monoisotopic (exact) mass is 239 g/mol. The number of anilines is 1. The van der Waals surface area contributed by atoms with Gasteiger partial charge in [-0.1, -0.05) is 13.8 Å². The molecule has 0 spiro atoms. The Bertz CT molecular complexity index is 403. The molecule has 1 aliphatic heterocycles. The van der Waals surface area contributed by atoms with E-state index in [-0.39, 0.29) is 24.2 Å². The van der Waals surface area contributed by atoms with Crippen molar-refractivity contribution in [3.63, 3.8) is 0 Å². The number of pyridine rings is 1. The fraction of sp³-hybridized carbons (Fsp3) is 0.583. The largest absolute Gasteiger partial charge is 0.395 e. The summed E-state index contributed by atoms with van der Waals surface area (Å²) >= 11 is 0. The number of nitrogens with two attached hydrogens (primary N) is 1. The first-order chi connectivity index (χ1) is 8.20. The van der Waals surface area contributed by atoms with Gasteiger partial charge in [-0.05, 0) is 25.0 Å². The van der Waals surface area contributed by atoms with Crippen LogP contribution in [0.4, 0.5) is 5.82 Å². The maximum Gasteiger partial charge on any atom is 0.254 e. The molecule has 1 aromatic rings. The van der Waals surface area contributed by atoms with Gasteiger partial charge in [0.15, 0.2) is 0 Å². The number of aromatic nitrogens is 1. The molecule has 0 amide bonds. The smallest absolute Gasteiger partial charge is 0.254 e. The molecule has 0 aliphatic carbocycles. The van der Waals surface area contributed by atoms with Crippen LogP contribution in [0.2, 0.25) is 0 Å². The van der Waals surface area contributed by atoms with E-state index in [1.165, 1.54) is 0 Å². The van der Waals surface area contributed by atoms with Crippen molar-refractivity contribution in [2.75, 3.05) is 12.3 Å². The minimum Gasteiger partial charge on any atom is -0.395 e. The van der Waals surface area contributed by atoms with E-state index in [9.17, 15) is 4.79 Å². The number of aliphatic hydroxyl groups excluding tert-OH is 1. The Labute approximate surface area is 101 Å². The van der Waals surface area contributed by atoms with Crippen LogP contribution < -0.4 is 16.6 Å². The van der Waals surface area contributed by atoms with Gasteiger partial charge in [-0.2, -0.15) is 0 Å². The summed E-state index contributed by atoms with van der Waals surface area (Å²) in [5.41, 5.74) is 6.01. The van der Waals surface area contributed by atoms with E-state index >= 15 is 0 Å². The predicted octanol–water partition coefficient (Wildman–Crippen LogP) is 0.769. The van der Waals surface area contributed by atoms with Gasteiger partial charge in [-0.3, -0.25) is 4.79 Å². The third-order valence-electron chi connectivity index (χ3n) is 2.80. The molecular formula is C12H21N3O2. The van der Waals surface area contributed by atoms with E-state index in [0.717, 1.165) is 12.8 Å². The molecule has 0 radical (unpaired) electrons. The topological polar surface area (TPSA) is 91.1 Å². The van der Waals surface area contributed by atoms with Crippen molar-refractivity contribution in [3.05, 3.63) is 28.0 Å². The highest BCUT2D eigenvalue weighted by Gasteiger charge is 2.25. The maximum absolute atomic E-state index is 11.6. The van der Waals surface area contributed by atoms with Crippen molar-refractivity contribution in [2.24, 2.45) is 0 Å². The Morgan fingerprint density at radius 1 is 1.41 bits per heavy atom. The second-order valence-electron chi connectivity index (χ2n) is 3.87. The van der Waals surface area contributed by atoms with Crippen molar-refractivity contribution < 1.29 is 5.11 Å². The molecule has 0 bridgehead atoms. The van der Waals surface area contributed by atoms with E-state index in [4.69, 9.17) is 10.8 Å². The van der Waals surface area contributed by atoms with Crippen LogP contribution in [0.25, 0.3) is 0 Å². The summed E-state index contributed by atoms with van der Waals surface area (Å²) in [4.78, 5) is 14.2. The Balaban J connectivity index is 0.000000686. The van der Waals surface area contributed by atoms with Gasteiger partial charge >= 0.3 is 0 Å². The van der Waals surface area contributed by atoms with Gasteiger partial charge in [0.25, 0.3) is 5.56 Å². The molecule has 2 atom stereocenters. The fourth-order valence-electron chi connectivity index (χ4n) is 1.98. The van der Waals surface area contributed by atoms with Crippen LogP contribution in [-0.4, -0.2) is 22.7 Å². The SMILES string of the molecule is CC.Nc1ccc(C2CCC(CO)N2)c(=O)[nH]1. The first-order valence-electron chi connectivity index (χ1n) is 6.06.